The van der Waals surface area contributed by atoms with Crippen LogP contribution in [0, 0.1) is 0 Å². The summed E-state index contributed by atoms with van der Waals surface area (Å²) in [7, 11) is 0. The molecule has 2 aromatic heterocycles. The molecule has 6 nitrogen and oxygen atoms in total. The Hall–Kier alpha value is 1.16. The molecular weight excluding hydrogens is 252 g/mol. The van der Waals surface area contributed by atoms with E-state index in [1.165, 1.54) is 6.33 Å². The molecule has 0 amide bonds. The number of hydrogen-bond donors (Lipinski definition) is 1. The van der Waals surface area contributed by atoms with Crippen molar-refractivity contribution in [2.75, 3.05) is 0 Å². The summed E-state index contributed by atoms with van der Waals surface area (Å²) in [6, 6.07) is 1.94. The third-order valence-corrected chi connectivity index (χ3v) is 1.22. The third kappa shape index (κ3) is 7.96. The normalized spacial score (nSPS) is 7.73. The van der Waals surface area contributed by atoms with Gasteiger partial charge in [-0.25, -0.2) is 9.97 Å². The maximum atomic E-state index is 8.33. The molecule has 0 fully saturated rings. The van der Waals surface area contributed by atoms with Crippen LogP contribution >= 0.6 is 0 Å². The van der Waals surface area contributed by atoms with Crippen molar-refractivity contribution in [3.8, 4) is 0 Å². The van der Waals surface area contributed by atoms with Gasteiger partial charge >= 0.3 is 103 Å². The molecule has 0 saturated carbocycles. The predicted molar refractivity (Wildman–Crippen MR) is 39.3 cm³/mol. The summed E-state index contributed by atoms with van der Waals surface area (Å²) >= 11 is 0. The first kappa shape index (κ1) is 18.5. The fraction of sp³-hybridized carbons (Fsp3) is 0. The summed E-state index contributed by atoms with van der Waals surface area (Å²) in [5.74, 6) is 0. The molecule has 8 heteroatoms. The number of carboxylic acid groups (broad SMARTS) is 2. The first-order chi connectivity index (χ1) is 6.20. The first-order valence-electron chi connectivity index (χ1n) is 3.31. The van der Waals surface area contributed by atoms with E-state index in [0.29, 0.717) is 0 Å². The molecule has 0 saturated heterocycles. The van der Waals surface area contributed by atoms with Crippen molar-refractivity contribution < 1.29 is 118 Å². The SMILES string of the molecule is O=C([O-])[O-].[K+].[K+].c1ncc2cc[nH]c2n1. The Labute approximate surface area is 171 Å². The summed E-state index contributed by atoms with van der Waals surface area (Å²) in [6.07, 6.45) is 2.82. The molecule has 2 heterocycles. The number of carbonyl (C=O) groups excluding carboxylic acids is 1. The maximum absolute atomic E-state index is 8.33. The number of nitrogens with one attached hydrogen (secondary N) is 1. The molecule has 0 bridgehead atoms. The van der Waals surface area contributed by atoms with Crippen molar-refractivity contribution in [3.05, 3.63) is 24.8 Å². The predicted octanol–water partition coefficient (Wildman–Crippen LogP) is -7.48. The van der Waals surface area contributed by atoms with Crippen molar-refractivity contribution in [2.45, 2.75) is 0 Å². The molecular formula is C7H5K2N3O3. The average molecular weight is 257 g/mol. The Morgan fingerprint density at radius 1 is 1.33 bits per heavy atom. The van der Waals surface area contributed by atoms with Crippen molar-refractivity contribution >= 4 is 17.2 Å². The number of H-pyrrole nitrogens is 1. The molecule has 0 aliphatic rings. The fourth-order valence-electron chi connectivity index (χ4n) is 0.793. The van der Waals surface area contributed by atoms with Gasteiger partial charge in [-0.1, -0.05) is 0 Å². The zero-order valence-electron chi connectivity index (χ0n) is 8.43. The Kier molecular flexibility index (Phi) is 12.8. The molecule has 1 N–H and O–H groups in total. The molecule has 0 aromatic carbocycles. The zero-order chi connectivity index (χ0) is 9.68. The summed E-state index contributed by atoms with van der Waals surface area (Å²) in [4.78, 5) is 19.1. The molecule has 0 radical (unpaired) electrons. The topological polar surface area (TPSA) is 105 Å². The van der Waals surface area contributed by atoms with Gasteiger partial charge in [0.1, 0.15) is 12.0 Å². The van der Waals surface area contributed by atoms with Gasteiger partial charge in [0.05, 0.1) is 0 Å². The largest absolute Gasteiger partial charge is 1.00 e. The van der Waals surface area contributed by atoms with Crippen molar-refractivity contribution in [1.82, 2.24) is 15.0 Å². The van der Waals surface area contributed by atoms with Crippen LogP contribution in [0.5, 0.6) is 0 Å². The van der Waals surface area contributed by atoms with Gasteiger partial charge in [0, 0.05) is 17.8 Å². The van der Waals surface area contributed by atoms with E-state index < -0.39 is 6.16 Å². The van der Waals surface area contributed by atoms with Crippen molar-refractivity contribution in [2.24, 2.45) is 0 Å². The van der Waals surface area contributed by atoms with Gasteiger partial charge in [-0.3, -0.25) is 0 Å². The van der Waals surface area contributed by atoms with Gasteiger partial charge in [0.2, 0.25) is 0 Å². The molecule has 0 spiro atoms. The third-order valence-electron chi connectivity index (χ3n) is 1.22. The van der Waals surface area contributed by atoms with E-state index in [2.05, 4.69) is 15.0 Å². The molecule has 2 rings (SSSR count). The number of hydrogen-bond acceptors (Lipinski definition) is 5. The van der Waals surface area contributed by atoms with Crippen LogP contribution in [0.3, 0.4) is 0 Å². The molecule has 68 valence electrons. The molecule has 15 heavy (non-hydrogen) atoms. The van der Waals surface area contributed by atoms with Crippen LogP contribution in [-0.2, 0) is 0 Å². The Morgan fingerprint density at radius 2 is 1.93 bits per heavy atom. The average Bonchev–Trinajstić information content (AvgIpc) is 2.49. The summed E-state index contributed by atoms with van der Waals surface area (Å²) in [5, 5.41) is 17.7. The Bertz CT molecular complexity index is 373. The van der Waals surface area contributed by atoms with Gasteiger partial charge in [0.15, 0.2) is 0 Å². The molecule has 0 aliphatic carbocycles. The summed E-state index contributed by atoms with van der Waals surface area (Å²) in [6.45, 7) is 0. The second kappa shape index (κ2) is 10.3. The molecule has 0 atom stereocenters. The molecule has 2 aromatic rings. The maximum Gasteiger partial charge on any atom is 1.00 e. The van der Waals surface area contributed by atoms with Crippen LogP contribution in [0.4, 0.5) is 4.79 Å². The minimum atomic E-state index is -2.33. The standard InChI is InChI=1S/C6H5N3.CH2O3.2K/c1-2-8-6-5(1)3-7-4-9-6;2-1(3)4;;/h1-4H,(H,7,8,9);(H2,2,3,4);;/q;;2*+1/p-2. The minimum Gasteiger partial charge on any atom is -0.652 e. The van der Waals surface area contributed by atoms with Crippen molar-refractivity contribution in [1.29, 1.82) is 0 Å². The second-order valence-electron chi connectivity index (χ2n) is 2.05. The van der Waals surface area contributed by atoms with Gasteiger partial charge in [-0.05, 0) is 12.2 Å². The summed E-state index contributed by atoms with van der Waals surface area (Å²) in [5.41, 5.74) is 0.894. The van der Waals surface area contributed by atoms with E-state index in [9.17, 15) is 0 Å². The number of aromatic nitrogens is 3. The number of rotatable bonds is 0. The quantitative estimate of drug-likeness (QED) is 0.472. The summed E-state index contributed by atoms with van der Waals surface area (Å²) < 4.78 is 0. The van der Waals surface area contributed by atoms with E-state index in [4.69, 9.17) is 15.0 Å². The van der Waals surface area contributed by atoms with Crippen LogP contribution < -0.4 is 113 Å². The number of fused-ring (bicyclic) bond motifs is 1. The van der Waals surface area contributed by atoms with E-state index in [0.717, 1.165) is 11.0 Å². The number of carbonyl (C=O) groups is 1. The second-order valence-corrected chi connectivity index (χ2v) is 2.05. The molecule has 0 aliphatic heterocycles. The monoisotopic (exact) mass is 257 g/mol. The molecule has 0 unspecified atom stereocenters. The smallest absolute Gasteiger partial charge is 0.652 e. The van der Waals surface area contributed by atoms with Crippen LogP contribution in [0.15, 0.2) is 24.8 Å². The Morgan fingerprint density at radius 3 is 2.47 bits per heavy atom. The van der Waals surface area contributed by atoms with Gasteiger partial charge in [0.25, 0.3) is 0 Å². The number of nitrogens with zero attached hydrogens (tertiary/aromatic N) is 2. The van der Waals surface area contributed by atoms with E-state index in [1.807, 2.05) is 12.3 Å². The van der Waals surface area contributed by atoms with Crippen LogP contribution in [0.1, 0.15) is 0 Å². The van der Waals surface area contributed by atoms with E-state index in [-0.39, 0.29) is 103 Å². The van der Waals surface area contributed by atoms with Gasteiger partial charge < -0.3 is 20.0 Å². The number of aromatic amines is 1. The van der Waals surface area contributed by atoms with Crippen molar-refractivity contribution in [3.63, 3.8) is 0 Å². The van der Waals surface area contributed by atoms with Crippen LogP contribution in [0.25, 0.3) is 11.0 Å². The zero-order valence-corrected chi connectivity index (χ0v) is 14.7. The van der Waals surface area contributed by atoms with Crippen LogP contribution in [-0.4, -0.2) is 21.1 Å². The van der Waals surface area contributed by atoms with E-state index in [1.54, 1.807) is 6.20 Å². The first-order valence-corrected chi connectivity index (χ1v) is 3.31. The minimum absolute atomic E-state index is 0. The van der Waals surface area contributed by atoms with Gasteiger partial charge in [-0.15, -0.1) is 0 Å². The fourth-order valence-corrected chi connectivity index (χ4v) is 0.793. The van der Waals surface area contributed by atoms with Gasteiger partial charge in [-0.2, -0.15) is 0 Å². The Balaban J connectivity index is 0. The van der Waals surface area contributed by atoms with Crippen LogP contribution in [0.2, 0.25) is 0 Å². The van der Waals surface area contributed by atoms with E-state index >= 15 is 0 Å².